The Balaban J connectivity index is 2.29. The van der Waals surface area contributed by atoms with Crippen LogP contribution in [0.5, 0.6) is 5.75 Å². The van der Waals surface area contributed by atoms with Crippen LogP contribution in [0, 0.1) is 11.7 Å². The predicted molar refractivity (Wildman–Crippen MR) is 66.9 cm³/mol. The topological polar surface area (TPSA) is 21.3 Å². The van der Waals surface area contributed by atoms with Crippen molar-refractivity contribution in [1.29, 1.82) is 0 Å². The first kappa shape index (κ1) is 12.4. The Hall–Kier alpha value is -1.09. The Morgan fingerprint density at radius 3 is 2.82 bits per heavy atom. The maximum absolute atomic E-state index is 13.9. The van der Waals surface area contributed by atoms with Crippen LogP contribution in [-0.2, 0) is 0 Å². The first-order chi connectivity index (χ1) is 8.22. The van der Waals surface area contributed by atoms with E-state index in [0.29, 0.717) is 17.7 Å². The fraction of sp³-hybridized carbons (Fsp3) is 0.571. The molecule has 0 bridgehead atoms. The number of benzene rings is 1. The number of hydrogen-bond acceptors (Lipinski definition) is 2. The van der Waals surface area contributed by atoms with Crippen LogP contribution < -0.4 is 10.1 Å². The zero-order chi connectivity index (χ0) is 12.4. The molecule has 1 aliphatic rings. The minimum absolute atomic E-state index is 0.137. The first-order valence-electron chi connectivity index (χ1n) is 6.22. The Morgan fingerprint density at radius 1 is 1.47 bits per heavy atom. The number of nitrogens with one attached hydrogen (secondary N) is 1. The van der Waals surface area contributed by atoms with Gasteiger partial charge in [0.15, 0.2) is 0 Å². The summed E-state index contributed by atoms with van der Waals surface area (Å²) in [7, 11) is 3.58. The van der Waals surface area contributed by atoms with Gasteiger partial charge in [-0.3, -0.25) is 0 Å². The average Bonchev–Trinajstić information content (AvgIpc) is 2.31. The fourth-order valence-corrected chi connectivity index (χ4v) is 3.00. The standard InChI is InChI=1S/C14H20FNO/c1-4-9-10(8-12(9)16-2)14-11(15)6-5-7-13(14)17-3/h5-7,9-10,12,16H,4,8H2,1-3H3. The minimum atomic E-state index is -0.137. The van der Waals surface area contributed by atoms with Crippen LogP contribution in [0.15, 0.2) is 18.2 Å². The highest BCUT2D eigenvalue weighted by molar-refractivity contribution is 5.40. The molecule has 2 rings (SSSR count). The quantitative estimate of drug-likeness (QED) is 0.869. The van der Waals surface area contributed by atoms with Gasteiger partial charge in [-0.05, 0) is 37.4 Å². The van der Waals surface area contributed by atoms with Crippen molar-refractivity contribution in [2.75, 3.05) is 14.2 Å². The van der Waals surface area contributed by atoms with Crippen LogP contribution in [0.25, 0.3) is 0 Å². The highest BCUT2D eigenvalue weighted by Crippen LogP contribution is 2.48. The second-order valence-corrected chi connectivity index (χ2v) is 4.67. The Morgan fingerprint density at radius 2 is 2.24 bits per heavy atom. The van der Waals surface area contributed by atoms with E-state index in [1.807, 2.05) is 13.1 Å². The van der Waals surface area contributed by atoms with Crippen LogP contribution in [0.2, 0.25) is 0 Å². The van der Waals surface area contributed by atoms with Gasteiger partial charge >= 0.3 is 0 Å². The summed E-state index contributed by atoms with van der Waals surface area (Å²) in [5, 5.41) is 3.30. The number of methoxy groups -OCH3 is 1. The van der Waals surface area contributed by atoms with Crippen molar-refractivity contribution in [1.82, 2.24) is 5.32 Å². The predicted octanol–water partition coefficient (Wildman–Crippen LogP) is 2.94. The molecule has 1 aromatic carbocycles. The second-order valence-electron chi connectivity index (χ2n) is 4.67. The smallest absolute Gasteiger partial charge is 0.130 e. The van der Waals surface area contributed by atoms with Crippen molar-refractivity contribution in [2.45, 2.75) is 31.7 Å². The van der Waals surface area contributed by atoms with Crippen molar-refractivity contribution in [2.24, 2.45) is 5.92 Å². The summed E-state index contributed by atoms with van der Waals surface area (Å²) >= 11 is 0. The zero-order valence-corrected chi connectivity index (χ0v) is 10.7. The number of rotatable bonds is 4. The summed E-state index contributed by atoms with van der Waals surface area (Å²) in [6.45, 7) is 2.16. The number of ether oxygens (including phenoxy) is 1. The van der Waals surface area contributed by atoms with Crippen LogP contribution in [-0.4, -0.2) is 20.2 Å². The maximum Gasteiger partial charge on any atom is 0.130 e. The summed E-state index contributed by atoms with van der Waals surface area (Å²) in [4.78, 5) is 0. The van der Waals surface area contributed by atoms with E-state index in [4.69, 9.17) is 4.74 Å². The van der Waals surface area contributed by atoms with E-state index in [0.717, 1.165) is 18.4 Å². The fourth-order valence-electron chi connectivity index (χ4n) is 3.00. The molecule has 0 amide bonds. The van der Waals surface area contributed by atoms with Gasteiger partial charge in [0.05, 0.1) is 7.11 Å². The molecule has 3 heteroatoms. The van der Waals surface area contributed by atoms with Gasteiger partial charge in [-0.2, -0.15) is 0 Å². The molecule has 0 aliphatic heterocycles. The SMILES string of the molecule is CCC1C(NC)CC1c1c(F)cccc1OC. The zero-order valence-electron chi connectivity index (χ0n) is 10.7. The third-order valence-corrected chi connectivity index (χ3v) is 3.99. The van der Waals surface area contributed by atoms with Gasteiger partial charge in [-0.1, -0.05) is 19.4 Å². The monoisotopic (exact) mass is 237 g/mol. The molecule has 1 aliphatic carbocycles. The normalized spacial score (nSPS) is 27.6. The van der Waals surface area contributed by atoms with Gasteiger partial charge < -0.3 is 10.1 Å². The van der Waals surface area contributed by atoms with Gasteiger partial charge in [0.25, 0.3) is 0 Å². The van der Waals surface area contributed by atoms with Crippen LogP contribution >= 0.6 is 0 Å². The first-order valence-corrected chi connectivity index (χ1v) is 6.22. The molecule has 0 spiro atoms. The molecule has 1 aromatic rings. The molecule has 1 fully saturated rings. The molecule has 0 saturated heterocycles. The second kappa shape index (κ2) is 5.05. The van der Waals surface area contributed by atoms with E-state index in [1.54, 1.807) is 13.2 Å². The number of hydrogen-bond donors (Lipinski definition) is 1. The Bertz CT molecular complexity index is 394. The molecule has 3 atom stereocenters. The molecule has 3 unspecified atom stereocenters. The lowest BCUT2D eigenvalue weighted by molar-refractivity contribution is 0.162. The third-order valence-electron chi connectivity index (χ3n) is 3.99. The summed E-state index contributed by atoms with van der Waals surface area (Å²) in [6, 6.07) is 5.58. The van der Waals surface area contributed by atoms with Gasteiger partial charge in [0, 0.05) is 11.6 Å². The largest absolute Gasteiger partial charge is 0.496 e. The number of halogens is 1. The van der Waals surface area contributed by atoms with E-state index in [9.17, 15) is 4.39 Å². The van der Waals surface area contributed by atoms with Gasteiger partial charge in [-0.15, -0.1) is 0 Å². The highest BCUT2D eigenvalue weighted by Gasteiger charge is 2.42. The molecular formula is C14H20FNO. The van der Waals surface area contributed by atoms with Crippen molar-refractivity contribution in [3.05, 3.63) is 29.6 Å². The molecule has 94 valence electrons. The van der Waals surface area contributed by atoms with Crippen LogP contribution in [0.3, 0.4) is 0 Å². The maximum atomic E-state index is 13.9. The third kappa shape index (κ3) is 2.04. The van der Waals surface area contributed by atoms with E-state index < -0.39 is 0 Å². The summed E-state index contributed by atoms with van der Waals surface area (Å²) in [5.41, 5.74) is 0.758. The molecule has 0 aromatic heterocycles. The van der Waals surface area contributed by atoms with E-state index in [1.165, 1.54) is 6.07 Å². The van der Waals surface area contributed by atoms with Crippen LogP contribution in [0.1, 0.15) is 31.2 Å². The van der Waals surface area contributed by atoms with Crippen molar-refractivity contribution < 1.29 is 9.13 Å². The Labute approximate surface area is 102 Å². The minimum Gasteiger partial charge on any atom is -0.496 e. The Kier molecular flexibility index (Phi) is 3.67. The average molecular weight is 237 g/mol. The van der Waals surface area contributed by atoms with Crippen LogP contribution in [0.4, 0.5) is 4.39 Å². The van der Waals surface area contributed by atoms with Gasteiger partial charge in [-0.25, -0.2) is 4.39 Å². The molecule has 1 saturated carbocycles. The van der Waals surface area contributed by atoms with Crippen molar-refractivity contribution in [3.63, 3.8) is 0 Å². The van der Waals surface area contributed by atoms with Crippen molar-refractivity contribution in [3.8, 4) is 5.75 Å². The molecule has 17 heavy (non-hydrogen) atoms. The molecule has 2 nitrogen and oxygen atoms in total. The lowest BCUT2D eigenvalue weighted by atomic mass is 9.64. The van der Waals surface area contributed by atoms with Gasteiger partial charge in [0.2, 0.25) is 0 Å². The summed E-state index contributed by atoms with van der Waals surface area (Å²) in [5.74, 6) is 1.34. The van der Waals surface area contributed by atoms with Gasteiger partial charge in [0.1, 0.15) is 11.6 Å². The molecular weight excluding hydrogens is 217 g/mol. The lowest BCUT2D eigenvalue weighted by Crippen LogP contribution is -2.47. The summed E-state index contributed by atoms with van der Waals surface area (Å²) < 4.78 is 19.2. The molecule has 1 N–H and O–H groups in total. The highest BCUT2D eigenvalue weighted by atomic mass is 19.1. The lowest BCUT2D eigenvalue weighted by Gasteiger charge is -2.45. The van der Waals surface area contributed by atoms with E-state index in [2.05, 4.69) is 12.2 Å². The van der Waals surface area contributed by atoms with E-state index in [-0.39, 0.29) is 11.7 Å². The molecule has 0 radical (unpaired) electrons. The van der Waals surface area contributed by atoms with E-state index >= 15 is 0 Å². The summed E-state index contributed by atoms with van der Waals surface area (Å²) in [6.07, 6.45) is 2.06. The van der Waals surface area contributed by atoms with Crippen molar-refractivity contribution >= 4 is 0 Å². The molecule has 0 heterocycles.